The predicted octanol–water partition coefficient (Wildman–Crippen LogP) is 3.25. The molecule has 1 rings (SSSR count). The van der Waals surface area contributed by atoms with Crippen LogP contribution in [0.25, 0.3) is 0 Å². The molecule has 0 fully saturated rings. The Balaban J connectivity index is 2.53. The second-order valence-corrected chi connectivity index (χ2v) is 5.24. The third-order valence-corrected chi connectivity index (χ3v) is 3.35. The van der Waals surface area contributed by atoms with Gasteiger partial charge in [0, 0.05) is 11.4 Å². The lowest BCUT2D eigenvalue weighted by molar-refractivity contribution is -0.116. The molecule has 0 heterocycles. The van der Waals surface area contributed by atoms with E-state index in [2.05, 4.69) is 17.1 Å². The van der Waals surface area contributed by atoms with E-state index in [0.29, 0.717) is 27.8 Å². The monoisotopic (exact) mass is 303 g/mol. The van der Waals surface area contributed by atoms with Crippen molar-refractivity contribution in [2.75, 3.05) is 31.2 Å². The molecule has 0 unspecified atom stereocenters. The number of hydrogen-bond donors (Lipinski definition) is 2. The molecule has 0 spiro atoms. The van der Waals surface area contributed by atoms with E-state index in [4.69, 9.17) is 28.9 Å². The largest absolute Gasteiger partial charge is 0.397 e. The Kier molecular flexibility index (Phi) is 6.42. The van der Waals surface area contributed by atoms with Gasteiger partial charge in [0.05, 0.1) is 16.4 Å². The molecule has 0 atom stereocenters. The smallest absolute Gasteiger partial charge is 0.224 e. The number of amides is 1. The highest BCUT2D eigenvalue weighted by Gasteiger charge is 2.10. The van der Waals surface area contributed by atoms with Gasteiger partial charge >= 0.3 is 0 Å². The quantitative estimate of drug-likeness (QED) is 0.793. The zero-order valence-corrected chi connectivity index (χ0v) is 12.7. The van der Waals surface area contributed by atoms with Crippen LogP contribution in [0, 0.1) is 0 Å². The molecular weight excluding hydrogens is 285 g/mol. The molecule has 0 radical (unpaired) electrons. The molecule has 0 aromatic heterocycles. The number of carbonyl (C=O) groups is 1. The molecule has 1 aromatic carbocycles. The van der Waals surface area contributed by atoms with Crippen molar-refractivity contribution in [3.8, 4) is 0 Å². The zero-order chi connectivity index (χ0) is 14.4. The fraction of sp³-hybridized carbons (Fsp3) is 0.462. The van der Waals surface area contributed by atoms with E-state index in [0.717, 1.165) is 19.5 Å². The van der Waals surface area contributed by atoms with Gasteiger partial charge < -0.3 is 16.0 Å². The first-order valence-electron chi connectivity index (χ1n) is 6.17. The van der Waals surface area contributed by atoms with Gasteiger partial charge in [-0.05, 0) is 38.7 Å². The summed E-state index contributed by atoms with van der Waals surface area (Å²) in [4.78, 5) is 13.9. The Bertz CT molecular complexity index is 429. The minimum absolute atomic E-state index is 0.0968. The fourth-order valence-electron chi connectivity index (χ4n) is 1.59. The molecule has 4 nitrogen and oxygen atoms in total. The van der Waals surface area contributed by atoms with E-state index < -0.39 is 0 Å². The van der Waals surface area contributed by atoms with Crippen molar-refractivity contribution < 1.29 is 4.79 Å². The SMILES string of the molecule is CCN(C)CCCC(=O)Nc1c(N)cc(Cl)cc1Cl. The Morgan fingerprint density at radius 2 is 2.11 bits per heavy atom. The zero-order valence-electron chi connectivity index (χ0n) is 11.2. The second-order valence-electron chi connectivity index (χ2n) is 4.40. The van der Waals surface area contributed by atoms with E-state index >= 15 is 0 Å². The normalized spacial score (nSPS) is 10.8. The Morgan fingerprint density at radius 3 is 2.68 bits per heavy atom. The van der Waals surface area contributed by atoms with Crippen LogP contribution in [0.1, 0.15) is 19.8 Å². The first-order chi connectivity index (χ1) is 8.93. The van der Waals surface area contributed by atoms with Crippen molar-refractivity contribution in [1.29, 1.82) is 0 Å². The van der Waals surface area contributed by atoms with Crippen LogP contribution < -0.4 is 11.1 Å². The first-order valence-corrected chi connectivity index (χ1v) is 6.92. The molecule has 0 aliphatic carbocycles. The molecule has 1 aromatic rings. The molecule has 1 amide bonds. The summed E-state index contributed by atoms with van der Waals surface area (Å²) in [6.45, 7) is 3.93. The second kappa shape index (κ2) is 7.58. The highest BCUT2D eigenvalue weighted by Crippen LogP contribution is 2.32. The maximum Gasteiger partial charge on any atom is 0.224 e. The van der Waals surface area contributed by atoms with Gasteiger partial charge in [0.1, 0.15) is 0 Å². The summed E-state index contributed by atoms with van der Waals surface area (Å²) in [5.74, 6) is -0.0968. The number of hydrogen-bond acceptors (Lipinski definition) is 3. The van der Waals surface area contributed by atoms with Gasteiger partial charge in [-0.3, -0.25) is 4.79 Å². The number of anilines is 2. The molecule has 106 valence electrons. The number of benzene rings is 1. The number of nitrogen functional groups attached to an aromatic ring is 1. The minimum Gasteiger partial charge on any atom is -0.397 e. The van der Waals surface area contributed by atoms with Gasteiger partial charge in [0.2, 0.25) is 5.91 Å². The van der Waals surface area contributed by atoms with Gasteiger partial charge in [0.25, 0.3) is 0 Å². The number of carbonyl (C=O) groups excluding carboxylic acids is 1. The topological polar surface area (TPSA) is 58.4 Å². The van der Waals surface area contributed by atoms with E-state index in [9.17, 15) is 4.79 Å². The molecule has 19 heavy (non-hydrogen) atoms. The standard InChI is InChI=1S/C13H19Cl2N3O/c1-3-18(2)6-4-5-12(19)17-13-10(15)7-9(14)8-11(13)16/h7-8H,3-6,16H2,1-2H3,(H,17,19). The maximum atomic E-state index is 11.8. The highest BCUT2D eigenvalue weighted by atomic mass is 35.5. The summed E-state index contributed by atoms with van der Waals surface area (Å²) < 4.78 is 0. The van der Waals surface area contributed by atoms with Crippen LogP contribution in [0.15, 0.2) is 12.1 Å². The summed E-state index contributed by atoms with van der Waals surface area (Å²) in [7, 11) is 2.02. The Hall–Kier alpha value is -0.970. The summed E-state index contributed by atoms with van der Waals surface area (Å²) in [5, 5.41) is 3.52. The van der Waals surface area contributed by atoms with Gasteiger partial charge in [0.15, 0.2) is 0 Å². The average Bonchev–Trinajstić information content (AvgIpc) is 2.33. The minimum atomic E-state index is -0.0968. The van der Waals surface area contributed by atoms with Crippen molar-refractivity contribution in [2.45, 2.75) is 19.8 Å². The summed E-state index contributed by atoms with van der Waals surface area (Å²) in [5.41, 5.74) is 6.58. The van der Waals surface area contributed by atoms with Crippen molar-refractivity contribution in [2.24, 2.45) is 0 Å². The van der Waals surface area contributed by atoms with Crippen LogP contribution in [0.2, 0.25) is 10.0 Å². The molecule has 0 saturated carbocycles. The van der Waals surface area contributed by atoms with Crippen molar-refractivity contribution >= 4 is 40.5 Å². The van der Waals surface area contributed by atoms with Crippen LogP contribution in [-0.2, 0) is 4.79 Å². The van der Waals surface area contributed by atoms with Gasteiger partial charge in [-0.25, -0.2) is 0 Å². The lowest BCUT2D eigenvalue weighted by Crippen LogP contribution is -2.21. The summed E-state index contributed by atoms with van der Waals surface area (Å²) in [6.07, 6.45) is 1.23. The lowest BCUT2D eigenvalue weighted by Gasteiger charge is -2.14. The number of nitrogens with two attached hydrogens (primary N) is 1. The van der Waals surface area contributed by atoms with E-state index in [1.807, 2.05) is 7.05 Å². The Morgan fingerprint density at radius 1 is 1.42 bits per heavy atom. The predicted molar refractivity (Wildman–Crippen MR) is 81.9 cm³/mol. The van der Waals surface area contributed by atoms with Crippen LogP contribution in [-0.4, -0.2) is 30.9 Å². The average molecular weight is 304 g/mol. The molecule has 0 saturated heterocycles. The maximum absolute atomic E-state index is 11.8. The van der Waals surface area contributed by atoms with Crippen LogP contribution in [0.5, 0.6) is 0 Å². The summed E-state index contributed by atoms with van der Waals surface area (Å²) in [6, 6.07) is 3.12. The van der Waals surface area contributed by atoms with Crippen LogP contribution in [0.3, 0.4) is 0 Å². The molecule has 3 N–H and O–H groups in total. The lowest BCUT2D eigenvalue weighted by atomic mass is 10.2. The van der Waals surface area contributed by atoms with Crippen molar-refractivity contribution in [3.05, 3.63) is 22.2 Å². The molecule has 0 aliphatic rings. The first kappa shape index (κ1) is 16.1. The van der Waals surface area contributed by atoms with Crippen LogP contribution in [0.4, 0.5) is 11.4 Å². The number of halogens is 2. The van der Waals surface area contributed by atoms with Gasteiger partial charge in [-0.15, -0.1) is 0 Å². The third-order valence-electron chi connectivity index (χ3n) is 2.83. The van der Waals surface area contributed by atoms with Gasteiger partial charge in [-0.2, -0.15) is 0 Å². The van der Waals surface area contributed by atoms with Gasteiger partial charge in [-0.1, -0.05) is 30.1 Å². The molecule has 0 bridgehead atoms. The van der Waals surface area contributed by atoms with Crippen molar-refractivity contribution in [3.63, 3.8) is 0 Å². The molecule has 6 heteroatoms. The van der Waals surface area contributed by atoms with Crippen molar-refractivity contribution in [1.82, 2.24) is 4.90 Å². The highest BCUT2D eigenvalue weighted by molar-refractivity contribution is 6.37. The summed E-state index contributed by atoms with van der Waals surface area (Å²) >= 11 is 11.8. The molecular formula is C13H19Cl2N3O. The van der Waals surface area contributed by atoms with E-state index in [1.165, 1.54) is 0 Å². The number of nitrogens with zero attached hydrogens (tertiary/aromatic N) is 1. The van der Waals surface area contributed by atoms with E-state index in [-0.39, 0.29) is 5.91 Å². The van der Waals surface area contributed by atoms with Crippen LogP contribution >= 0.6 is 23.2 Å². The van der Waals surface area contributed by atoms with E-state index in [1.54, 1.807) is 12.1 Å². The third kappa shape index (κ3) is 5.27. The Labute approximate surface area is 123 Å². The number of nitrogens with one attached hydrogen (secondary N) is 1. The molecule has 0 aliphatic heterocycles. The fourth-order valence-corrected chi connectivity index (χ4v) is 2.15. The number of rotatable bonds is 6.